The quantitative estimate of drug-likeness (QED) is 0.877. The van der Waals surface area contributed by atoms with E-state index in [1.807, 2.05) is 0 Å². The van der Waals surface area contributed by atoms with Gasteiger partial charge < -0.3 is 15.2 Å². The average molecular weight is 362 g/mol. The lowest BCUT2D eigenvalue weighted by atomic mass is 9.88. The molecule has 25 heavy (non-hydrogen) atoms. The first-order valence-corrected chi connectivity index (χ1v) is 9.39. The third kappa shape index (κ3) is 3.42. The Bertz CT molecular complexity index is 728. The Labute approximate surface area is 155 Å². The van der Waals surface area contributed by atoms with E-state index in [0.717, 1.165) is 51.7 Å². The molecule has 1 atom stereocenters. The summed E-state index contributed by atoms with van der Waals surface area (Å²) in [5, 5.41) is 4.70. The molecule has 2 saturated heterocycles. The minimum Gasteiger partial charge on any atom is -0.361 e. The van der Waals surface area contributed by atoms with Crippen LogP contribution in [0.5, 0.6) is 0 Å². The molecule has 2 N–H and O–H groups in total. The molecule has 0 spiro atoms. The molecule has 136 valence electrons. The third-order valence-corrected chi connectivity index (χ3v) is 5.82. The van der Waals surface area contributed by atoms with Crippen molar-refractivity contribution >= 4 is 29.2 Å². The minimum absolute atomic E-state index is 0. The van der Waals surface area contributed by atoms with Gasteiger partial charge in [-0.05, 0) is 55.7 Å². The highest BCUT2D eigenvalue weighted by Crippen LogP contribution is 2.34. The summed E-state index contributed by atoms with van der Waals surface area (Å²) in [7, 11) is 0. The lowest BCUT2D eigenvalue weighted by Crippen LogP contribution is -2.46. The van der Waals surface area contributed by atoms with Crippen LogP contribution < -0.4 is 5.32 Å². The monoisotopic (exact) mass is 361 g/mol. The van der Waals surface area contributed by atoms with Crippen molar-refractivity contribution in [3.8, 4) is 0 Å². The Balaban J connectivity index is 0.00000182. The number of halogens is 1. The number of H-pyrrole nitrogens is 1. The van der Waals surface area contributed by atoms with Crippen LogP contribution in [0.4, 0.5) is 0 Å². The molecule has 0 saturated carbocycles. The summed E-state index contributed by atoms with van der Waals surface area (Å²) < 4.78 is 0. The molecule has 0 radical (unpaired) electrons. The first-order valence-electron chi connectivity index (χ1n) is 9.39. The molecule has 1 amide bonds. The summed E-state index contributed by atoms with van der Waals surface area (Å²) in [6, 6.07) is 6.68. The van der Waals surface area contributed by atoms with E-state index in [-0.39, 0.29) is 18.4 Å². The first-order chi connectivity index (χ1) is 11.8. The van der Waals surface area contributed by atoms with Crippen LogP contribution in [-0.2, 0) is 11.2 Å². The lowest BCUT2D eigenvalue weighted by molar-refractivity contribution is -0.134. The van der Waals surface area contributed by atoms with Crippen LogP contribution in [0, 0.1) is 0 Å². The highest BCUT2D eigenvalue weighted by atomic mass is 35.5. The maximum absolute atomic E-state index is 12.5. The summed E-state index contributed by atoms with van der Waals surface area (Å²) in [4.78, 5) is 18.1. The van der Waals surface area contributed by atoms with E-state index in [2.05, 4.69) is 46.5 Å². The number of carbonyl (C=O) groups excluding carboxylic acids is 1. The number of benzene rings is 1. The van der Waals surface area contributed by atoms with Crippen LogP contribution >= 0.6 is 12.4 Å². The molecule has 2 aliphatic rings. The van der Waals surface area contributed by atoms with Crippen LogP contribution in [0.2, 0.25) is 0 Å². The second-order valence-corrected chi connectivity index (χ2v) is 7.19. The Morgan fingerprint density at radius 3 is 2.72 bits per heavy atom. The van der Waals surface area contributed by atoms with Gasteiger partial charge in [-0.3, -0.25) is 4.79 Å². The number of aryl methyl sites for hydroxylation is 1. The van der Waals surface area contributed by atoms with Gasteiger partial charge in [0.15, 0.2) is 0 Å². The fraction of sp³-hybridized carbons (Fsp3) is 0.550. The van der Waals surface area contributed by atoms with Gasteiger partial charge in [0.05, 0.1) is 6.04 Å². The molecule has 0 bridgehead atoms. The van der Waals surface area contributed by atoms with Crippen molar-refractivity contribution in [3.63, 3.8) is 0 Å². The van der Waals surface area contributed by atoms with Gasteiger partial charge in [0.1, 0.15) is 0 Å². The van der Waals surface area contributed by atoms with Crippen molar-refractivity contribution in [1.82, 2.24) is 15.2 Å². The molecule has 1 aromatic heterocycles. The van der Waals surface area contributed by atoms with Crippen molar-refractivity contribution in [2.75, 3.05) is 19.6 Å². The molecule has 4 nitrogen and oxygen atoms in total. The number of hydrogen-bond acceptors (Lipinski definition) is 2. The highest BCUT2D eigenvalue weighted by Gasteiger charge is 2.30. The number of rotatable bonds is 3. The Morgan fingerprint density at radius 1 is 1.24 bits per heavy atom. The van der Waals surface area contributed by atoms with Gasteiger partial charge in [-0.1, -0.05) is 25.1 Å². The second kappa shape index (κ2) is 7.79. The maximum Gasteiger partial charge on any atom is 0.239 e. The molecule has 4 rings (SSSR count). The number of fused-ring (bicyclic) bond motifs is 1. The van der Waals surface area contributed by atoms with Crippen LogP contribution in [0.15, 0.2) is 24.4 Å². The van der Waals surface area contributed by atoms with Crippen molar-refractivity contribution in [2.24, 2.45) is 0 Å². The van der Waals surface area contributed by atoms with E-state index < -0.39 is 0 Å². The smallest absolute Gasteiger partial charge is 0.239 e. The molecule has 5 heteroatoms. The Morgan fingerprint density at radius 2 is 2.04 bits per heavy atom. The van der Waals surface area contributed by atoms with E-state index in [9.17, 15) is 4.79 Å². The molecule has 2 fully saturated rings. The zero-order valence-corrected chi connectivity index (χ0v) is 15.7. The predicted molar refractivity (Wildman–Crippen MR) is 105 cm³/mol. The number of carbonyl (C=O) groups is 1. The largest absolute Gasteiger partial charge is 0.361 e. The molecular weight excluding hydrogens is 334 g/mol. The fourth-order valence-corrected chi connectivity index (χ4v) is 4.40. The molecule has 2 aromatic rings. The van der Waals surface area contributed by atoms with Crippen LogP contribution in [0.1, 0.15) is 49.7 Å². The number of piperidine rings is 1. The van der Waals surface area contributed by atoms with Crippen LogP contribution in [0.25, 0.3) is 10.9 Å². The molecule has 1 aromatic carbocycles. The van der Waals surface area contributed by atoms with Gasteiger partial charge in [-0.2, -0.15) is 0 Å². The standard InChI is InChI=1S/C20H27N3O.ClH/c1-2-14-5-3-6-16-17(13-22-19(14)16)15-8-11-23(12-9-15)20(24)18-7-4-10-21-18;/h3,5-6,13,15,18,21-22H,2,4,7-12H2,1H3;1H. The third-order valence-electron chi connectivity index (χ3n) is 5.82. The first kappa shape index (κ1) is 18.3. The summed E-state index contributed by atoms with van der Waals surface area (Å²) in [5.74, 6) is 0.879. The summed E-state index contributed by atoms with van der Waals surface area (Å²) in [5.41, 5.74) is 4.12. The van der Waals surface area contributed by atoms with Gasteiger partial charge in [0.2, 0.25) is 5.91 Å². The molecule has 3 heterocycles. The lowest BCUT2D eigenvalue weighted by Gasteiger charge is -2.33. The van der Waals surface area contributed by atoms with E-state index in [1.165, 1.54) is 22.0 Å². The van der Waals surface area contributed by atoms with Gasteiger partial charge >= 0.3 is 0 Å². The van der Waals surface area contributed by atoms with E-state index in [0.29, 0.717) is 11.8 Å². The number of aromatic amines is 1. The van der Waals surface area contributed by atoms with Crippen molar-refractivity contribution < 1.29 is 4.79 Å². The second-order valence-electron chi connectivity index (χ2n) is 7.19. The average Bonchev–Trinajstić information content (AvgIpc) is 3.30. The van der Waals surface area contributed by atoms with Gasteiger partial charge in [-0.15, -0.1) is 12.4 Å². The number of nitrogens with zero attached hydrogens (tertiary/aromatic N) is 1. The molecule has 0 aliphatic carbocycles. The molecule has 2 aliphatic heterocycles. The normalized spacial score (nSPS) is 21.5. The number of hydrogen-bond donors (Lipinski definition) is 2. The minimum atomic E-state index is 0. The van der Waals surface area contributed by atoms with Gasteiger partial charge in [0.25, 0.3) is 0 Å². The van der Waals surface area contributed by atoms with Crippen molar-refractivity contribution in [1.29, 1.82) is 0 Å². The number of para-hydroxylation sites is 1. The Kier molecular flexibility index (Phi) is 5.70. The zero-order valence-electron chi connectivity index (χ0n) is 14.9. The number of likely N-dealkylation sites (tertiary alicyclic amines) is 1. The SMILES string of the molecule is CCc1cccc2c(C3CCN(C(=O)C4CCCN4)CC3)c[nH]c12.Cl. The Hall–Kier alpha value is -1.52. The number of aromatic nitrogens is 1. The maximum atomic E-state index is 12.5. The zero-order chi connectivity index (χ0) is 16.5. The highest BCUT2D eigenvalue weighted by molar-refractivity contribution is 5.87. The fourth-order valence-electron chi connectivity index (χ4n) is 4.40. The van der Waals surface area contributed by atoms with E-state index in [1.54, 1.807) is 0 Å². The van der Waals surface area contributed by atoms with E-state index in [4.69, 9.17) is 0 Å². The van der Waals surface area contributed by atoms with E-state index >= 15 is 0 Å². The molecular formula is C20H28ClN3O. The summed E-state index contributed by atoms with van der Waals surface area (Å²) >= 11 is 0. The summed E-state index contributed by atoms with van der Waals surface area (Å²) in [6.45, 7) is 4.97. The number of nitrogens with one attached hydrogen (secondary N) is 2. The van der Waals surface area contributed by atoms with Gasteiger partial charge in [0, 0.05) is 30.2 Å². The van der Waals surface area contributed by atoms with Crippen molar-refractivity contribution in [3.05, 3.63) is 35.5 Å². The predicted octanol–water partition coefficient (Wildman–Crippen LogP) is 3.61. The number of amides is 1. The van der Waals surface area contributed by atoms with Crippen molar-refractivity contribution in [2.45, 2.75) is 51.0 Å². The van der Waals surface area contributed by atoms with Crippen LogP contribution in [-0.4, -0.2) is 41.5 Å². The van der Waals surface area contributed by atoms with Crippen LogP contribution in [0.3, 0.4) is 0 Å². The topological polar surface area (TPSA) is 48.1 Å². The molecule has 1 unspecified atom stereocenters. The summed E-state index contributed by atoms with van der Waals surface area (Å²) in [6.07, 6.45) is 7.52. The van der Waals surface area contributed by atoms with Gasteiger partial charge in [-0.25, -0.2) is 0 Å².